The van der Waals surface area contributed by atoms with Crippen LogP contribution >= 0.6 is 0 Å². The molecular weight excluding hydrogens is 344 g/mol. The molecule has 1 saturated heterocycles. The number of hydrogen-bond acceptors (Lipinski definition) is 5. The molecule has 6 nitrogen and oxygen atoms in total. The molecule has 2 unspecified atom stereocenters. The molecular formula is C16H14F3LiN4O2. The van der Waals surface area contributed by atoms with Crippen molar-refractivity contribution in [2.75, 3.05) is 18.0 Å². The summed E-state index contributed by atoms with van der Waals surface area (Å²) < 4.78 is 41.4. The fourth-order valence-electron chi connectivity index (χ4n) is 3.34. The Morgan fingerprint density at radius 3 is 2.54 bits per heavy atom. The molecule has 0 amide bonds. The Morgan fingerprint density at radius 2 is 1.96 bits per heavy atom. The largest absolute Gasteiger partial charge is 1.00 e. The molecule has 4 rings (SSSR count). The van der Waals surface area contributed by atoms with Crippen LogP contribution in [0.3, 0.4) is 0 Å². The molecule has 1 saturated carbocycles. The van der Waals surface area contributed by atoms with Gasteiger partial charge in [-0.2, -0.15) is 18.3 Å². The minimum atomic E-state index is -4.60. The molecule has 2 atom stereocenters. The molecule has 0 aromatic carbocycles. The molecule has 1 aliphatic carbocycles. The molecule has 0 radical (unpaired) electrons. The maximum absolute atomic E-state index is 13.4. The first-order chi connectivity index (χ1) is 11.8. The fraction of sp³-hybridized carbons (Fsp3) is 0.438. The van der Waals surface area contributed by atoms with Crippen LogP contribution in [0.15, 0.2) is 24.5 Å². The first-order valence-electron chi connectivity index (χ1n) is 7.87. The van der Waals surface area contributed by atoms with E-state index in [2.05, 4.69) is 10.1 Å². The van der Waals surface area contributed by atoms with E-state index in [-0.39, 0.29) is 36.5 Å². The van der Waals surface area contributed by atoms with E-state index < -0.39 is 17.8 Å². The minimum absolute atomic E-state index is 0. The van der Waals surface area contributed by atoms with Crippen LogP contribution in [0.5, 0.6) is 0 Å². The van der Waals surface area contributed by atoms with Gasteiger partial charge in [-0.25, -0.2) is 4.98 Å². The number of hydrogen-bond donors (Lipinski definition) is 0. The van der Waals surface area contributed by atoms with Gasteiger partial charge in [-0.05, 0) is 24.3 Å². The number of aromatic nitrogens is 3. The summed E-state index contributed by atoms with van der Waals surface area (Å²) in [6.45, 7) is 1.28. The molecule has 0 N–H and O–H groups in total. The van der Waals surface area contributed by atoms with Crippen molar-refractivity contribution in [1.29, 1.82) is 0 Å². The third kappa shape index (κ3) is 3.59. The van der Waals surface area contributed by atoms with E-state index in [0.717, 1.165) is 36.6 Å². The normalized spacial score (nSPS) is 21.3. The summed E-state index contributed by atoms with van der Waals surface area (Å²) in [7, 11) is 0. The summed E-state index contributed by atoms with van der Waals surface area (Å²) in [6.07, 6.45) is -1.27. The standard InChI is InChI=1S/C16H15F3N4O2.Li/c17-16(18,19)14-9(7-23-8-12(4-20-23)15(24)25)1-2-13(21-14)22-5-10-3-11(10)6-22;/h1-2,4,8,10-11H,3,5-7H2,(H,24,25);/q;+1/p-1. The van der Waals surface area contributed by atoms with Gasteiger partial charge in [-0.15, -0.1) is 0 Å². The molecule has 2 aromatic rings. The Labute approximate surface area is 159 Å². The maximum Gasteiger partial charge on any atom is 1.00 e. The number of carboxylic acids is 1. The number of piperidine rings is 1. The van der Waals surface area contributed by atoms with Crippen LogP contribution in [0, 0.1) is 11.8 Å². The van der Waals surface area contributed by atoms with E-state index in [1.165, 1.54) is 6.07 Å². The van der Waals surface area contributed by atoms with Gasteiger partial charge in [0.15, 0.2) is 5.69 Å². The molecule has 0 bridgehead atoms. The number of halogens is 3. The van der Waals surface area contributed by atoms with Crippen molar-refractivity contribution in [3.05, 3.63) is 41.3 Å². The van der Waals surface area contributed by atoms with Crippen LogP contribution in [-0.2, 0) is 12.7 Å². The maximum atomic E-state index is 13.4. The Hall–Kier alpha value is -1.98. The molecule has 132 valence electrons. The van der Waals surface area contributed by atoms with Gasteiger partial charge in [-0.1, -0.05) is 6.07 Å². The number of alkyl halides is 3. The van der Waals surface area contributed by atoms with E-state index in [4.69, 9.17) is 0 Å². The number of aromatic carboxylic acids is 1. The molecule has 26 heavy (non-hydrogen) atoms. The Morgan fingerprint density at radius 1 is 1.27 bits per heavy atom. The molecule has 3 heterocycles. The summed E-state index contributed by atoms with van der Waals surface area (Å²) in [5, 5.41) is 14.5. The van der Waals surface area contributed by atoms with E-state index in [0.29, 0.717) is 17.7 Å². The molecule has 1 aliphatic heterocycles. The number of nitrogens with zero attached hydrogens (tertiary/aromatic N) is 4. The van der Waals surface area contributed by atoms with Crippen molar-refractivity contribution >= 4 is 11.8 Å². The average Bonchev–Trinajstić information content (AvgIpc) is 2.96. The monoisotopic (exact) mass is 358 g/mol. The van der Waals surface area contributed by atoms with E-state index in [1.54, 1.807) is 6.07 Å². The zero-order chi connectivity index (χ0) is 17.8. The summed E-state index contributed by atoms with van der Waals surface area (Å²) in [5.41, 5.74) is -1.21. The zero-order valence-electron chi connectivity index (χ0n) is 14.0. The number of anilines is 1. The third-order valence-electron chi connectivity index (χ3n) is 4.74. The second-order valence-corrected chi connectivity index (χ2v) is 6.55. The van der Waals surface area contributed by atoms with Crippen LogP contribution in [0.2, 0.25) is 0 Å². The summed E-state index contributed by atoms with van der Waals surface area (Å²) >= 11 is 0. The van der Waals surface area contributed by atoms with E-state index >= 15 is 0 Å². The molecule has 2 aromatic heterocycles. The van der Waals surface area contributed by atoms with Crippen molar-refractivity contribution in [2.45, 2.75) is 19.1 Å². The van der Waals surface area contributed by atoms with Gasteiger partial charge in [0.2, 0.25) is 0 Å². The quantitative estimate of drug-likeness (QED) is 0.601. The first-order valence-corrected chi connectivity index (χ1v) is 7.87. The van der Waals surface area contributed by atoms with Crippen molar-refractivity contribution < 1.29 is 41.9 Å². The second-order valence-electron chi connectivity index (χ2n) is 6.55. The Bertz CT molecular complexity index is 829. The van der Waals surface area contributed by atoms with Crippen LogP contribution < -0.4 is 28.9 Å². The zero-order valence-corrected chi connectivity index (χ0v) is 14.0. The number of pyridine rings is 1. The number of rotatable bonds is 4. The number of carbonyl (C=O) groups is 1. The fourth-order valence-corrected chi connectivity index (χ4v) is 3.34. The predicted molar refractivity (Wildman–Crippen MR) is 78.7 cm³/mol. The van der Waals surface area contributed by atoms with Crippen molar-refractivity contribution in [3.8, 4) is 0 Å². The summed E-state index contributed by atoms with van der Waals surface area (Å²) in [6, 6.07) is 2.97. The number of carboxylic acid groups (broad SMARTS) is 1. The van der Waals surface area contributed by atoms with Crippen LogP contribution in [0.4, 0.5) is 19.0 Å². The van der Waals surface area contributed by atoms with Crippen molar-refractivity contribution in [3.63, 3.8) is 0 Å². The molecule has 10 heteroatoms. The first kappa shape index (κ1) is 18.8. The average molecular weight is 358 g/mol. The van der Waals surface area contributed by atoms with Gasteiger partial charge in [0.05, 0.1) is 18.7 Å². The SMILES string of the molecule is O=C([O-])c1cnn(Cc2ccc(N3CC4CC4C3)nc2C(F)(F)F)c1.[Li+]. The van der Waals surface area contributed by atoms with Gasteiger partial charge in [-0.3, -0.25) is 4.68 Å². The summed E-state index contributed by atoms with van der Waals surface area (Å²) in [4.78, 5) is 16.5. The van der Waals surface area contributed by atoms with E-state index in [9.17, 15) is 23.1 Å². The minimum Gasteiger partial charge on any atom is -0.545 e. The molecule has 0 spiro atoms. The van der Waals surface area contributed by atoms with Gasteiger partial charge < -0.3 is 14.8 Å². The van der Waals surface area contributed by atoms with Gasteiger partial charge in [0, 0.05) is 30.4 Å². The second kappa shape index (κ2) is 6.63. The topological polar surface area (TPSA) is 74.1 Å². The van der Waals surface area contributed by atoms with Crippen LogP contribution in [0.25, 0.3) is 0 Å². The Balaban J connectivity index is 0.00000196. The number of fused-ring (bicyclic) bond motifs is 1. The predicted octanol–water partition coefficient (Wildman–Crippen LogP) is -1.83. The Kier molecular flexibility index (Phi) is 4.80. The van der Waals surface area contributed by atoms with Crippen molar-refractivity contribution in [1.82, 2.24) is 14.8 Å². The third-order valence-corrected chi connectivity index (χ3v) is 4.74. The van der Waals surface area contributed by atoms with Crippen LogP contribution in [0.1, 0.15) is 28.0 Å². The summed E-state index contributed by atoms with van der Waals surface area (Å²) in [5.74, 6) is 0.0772. The van der Waals surface area contributed by atoms with Gasteiger partial charge in [0.1, 0.15) is 5.82 Å². The van der Waals surface area contributed by atoms with Gasteiger partial charge >= 0.3 is 25.0 Å². The van der Waals surface area contributed by atoms with Crippen molar-refractivity contribution in [2.24, 2.45) is 11.8 Å². The van der Waals surface area contributed by atoms with Gasteiger partial charge in [0.25, 0.3) is 0 Å². The van der Waals surface area contributed by atoms with Crippen LogP contribution in [-0.4, -0.2) is 33.8 Å². The molecule has 2 fully saturated rings. The number of carbonyl (C=O) groups excluding carboxylic acids is 1. The smallest absolute Gasteiger partial charge is 0.545 e. The van der Waals surface area contributed by atoms with E-state index in [1.807, 2.05) is 4.90 Å². The molecule has 2 aliphatic rings.